The third kappa shape index (κ3) is 5.38. The van der Waals surface area contributed by atoms with Crippen molar-refractivity contribution in [2.75, 3.05) is 6.61 Å². The summed E-state index contributed by atoms with van der Waals surface area (Å²) in [6, 6.07) is 10.4. The number of nitrogens with zero attached hydrogens (tertiary/aromatic N) is 1. The molecule has 0 unspecified atom stereocenters. The molecule has 0 saturated carbocycles. The molecule has 0 atom stereocenters. The lowest BCUT2D eigenvalue weighted by molar-refractivity contribution is -0.138. The summed E-state index contributed by atoms with van der Waals surface area (Å²) in [6.45, 7) is 2.36. The van der Waals surface area contributed by atoms with Crippen LogP contribution >= 0.6 is 23.2 Å². The van der Waals surface area contributed by atoms with Gasteiger partial charge >= 0.3 is 5.97 Å². The quantitative estimate of drug-likeness (QED) is 0.261. The summed E-state index contributed by atoms with van der Waals surface area (Å²) in [5.74, 6) is 0.285. The molecule has 2 aromatic rings. The highest BCUT2D eigenvalue weighted by Gasteiger charge is 2.12. The SMILES string of the molecule is CCCCCOC(=O)C(C#N)=Cc1ccc(-c2ccc(Cl)c(Cl)c2)o1. The Kier molecular flexibility index (Phi) is 7.12. The van der Waals surface area contributed by atoms with Crippen molar-refractivity contribution in [2.45, 2.75) is 26.2 Å². The first-order valence-electron chi connectivity index (χ1n) is 7.89. The second-order valence-corrected chi connectivity index (χ2v) is 6.16. The van der Waals surface area contributed by atoms with Crippen LogP contribution in [0.25, 0.3) is 17.4 Å². The van der Waals surface area contributed by atoms with Crippen LogP contribution in [0.2, 0.25) is 10.0 Å². The van der Waals surface area contributed by atoms with Gasteiger partial charge in [0.05, 0.1) is 16.7 Å². The van der Waals surface area contributed by atoms with Gasteiger partial charge in [-0.25, -0.2) is 4.79 Å². The van der Waals surface area contributed by atoms with E-state index in [1.807, 2.05) is 6.07 Å². The molecule has 1 heterocycles. The smallest absolute Gasteiger partial charge is 0.349 e. The number of rotatable bonds is 7. The Morgan fingerprint density at radius 1 is 1.24 bits per heavy atom. The minimum atomic E-state index is -0.647. The van der Waals surface area contributed by atoms with Crippen LogP contribution in [-0.2, 0) is 9.53 Å². The number of hydrogen-bond donors (Lipinski definition) is 0. The zero-order valence-corrected chi connectivity index (χ0v) is 15.2. The van der Waals surface area contributed by atoms with E-state index >= 15 is 0 Å². The van der Waals surface area contributed by atoms with Gasteiger partial charge < -0.3 is 9.15 Å². The average Bonchev–Trinajstić information content (AvgIpc) is 3.07. The Morgan fingerprint density at radius 3 is 2.72 bits per heavy atom. The largest absolute Gasteiger partial charge is 0.462 e. The Bertz CT molecular complexity index is 818. The molecule has 4 nitrogen and oxygen atoms in total. The maximum Gasteiger partial charge on any atom is 0.349 e. The number of benzene rings is 1. The zero-order chi connectivity index (χ0) is 18.2. The number of esters is 1. The number of unbranched alkanes of at least 4 members (excludes halogenated alkanes) is 2. The maximum absolute atomic E-state index is 11.9. The highest BCUT2D eigenvalue weighted by molar-refractivity contribution is 6.42. The third-order valence-corrected chi connectivity index (χ3v) is 4.18. The molecule has 6 heteroatoms. The van der Waals surface area contributed by atoms with Crippen molar-refractivity contribution >= 4 is 35.2 Å². The predicted octanol–water partition coefficient (Wildman–Crippen LogP) is 5.89. The number of furan rings is 1. The van der Waals surface area contributed by atoms with Gasteiger partial charge in [-0.05, 0) is 36.8 Å². The highest BCUT2D eigenvalue weighted by atomic mass is 35.5. The number of halogens is 2. The van der Waals surface area contributed by atoms with Gasteiger partial charge in [0.15, 0.2) is 0 Å². The summed E-state index contributed by atoms with van der Waals surface area (Å²) in [7, 11) is 0. The molecule has 0 aliphatic carbocycles. The van der Waals surface area contributed by atoms with Crippen molar-refractivity contribution < 1.29 is 13.9 Å². The molecule has 0 bridgehead atoms. The van der Waals surface area contributed by atoms with E-state index < -0.39 is 5.97 Å². The Hall–Kier alpha value is -2.22. The number of hydrogen-bond acceptors (Lipinski definition) is 4. The zero-order valence-electron chi connectivity index (χ0n) is 13.7. The molecule has 130 valence electrons. The van der Waals surface area contributed by atoms with E-state index in [0.29, 0.717) is 28.2 Å². The second-order valence-electron chi connectivity index (χ2n) is 5.34. The van der Waals surface area contributed by atoms with Crippen LogP contribution in [0.5, 0.6) is 0 Å². The van der Waals surface area contributed by atoms with Crippen LogP contribution in [-0.4, -0.2) is 12.6 Å². The van der Waals surface area contributed by atoms with E-state index in [-0.39, 0.29) is 5.57 Å². The fourth-order valence-electron chi connectivity index (χ4n) is 2.11. The summed E-state index contributed by atoms with van der Waals surface area (Å²) in [4.78, 5) is 11.9. The molecule has 0 spiro atoms. The van der Waals surface area contributed by atoms with Crippen molar-refractivity contribution in [1.82, 2.24) is 0 Å². The second kappa shape index (κ2) is 9.31. The lowest BCUT2D eigenvalue weighted by Crippen LogP contribution is -2.07. The highest BCUT2D eigenvalue weighted by Crippen LogP contribution is 2.30. The summed E-state index contributed by atoms with van der Waals surface area (Å²) < 4.78 is 10.7. The van der Waals surface area contributed by atoms with Gasteiger partial charge in [-0.3, -0.25) is 0 Å². The predicted molar refractivity (Wildman–Crippen MR) is 98.2 cm³/mol. The molecule has 0 radical (unpaired) electrons. The molecular weight excluding hydrogens is 361 g/mol. The molecule has 1 aromatic heterocycles. The van der Waals surface area contributed by atoms with Crippen LogP contribution in [0, 0.1) is 11.3 Å². The number of carbonyl (C=O) groups excluding carboxylic acids is 1. The van der Waals surface area contributed by atoms with E-state index in [4.69, 9.17) is 37.6 Å². The van der Waals surface area contributed by atoms with Crippen LogP contribution < -0.4 is 0 Å². The summed E-state index contributed by atoms with van der Waals surface area (Å²) in [5, 5.41) is 10.0. The van der Waals surface area contributed by atoms with Gasteiger partial charge in [0, 0.05) is 11.6 Å². The van der Waals surface area contributed by atoms with Crippen molar-refractivity contribution in [3.8, 4) is 17.4 Å². The van der Waals surface area contributed by atoms with E-state index in [9.17, 15) is 4.79 Å². The first kappa shape index (κ1) is 19.1. The van der Waals surface area contributed by atoms with Crippen molar-refractivity contribution in [2.24, 2.45) is 0 Å². The first-order valence-corrected chi connectivity index (χ1v) is 8.65. The average molecular weight is 378 g/mol. The monoisotopic (exact) mass is 377 g/mol. The summed E-state index contributed by atoms with van der Waals surface area (Å²) >= 11 is 11.9. The van der Waals surface area contributed by atoms with Gasteiger partial charge in [-0.1, -0.05) is 43.0 Å². The number of carbonyl (C=O) groups is 1. The standard InChI is InChI=1S/C19H17Cl2NO3/c1-2-3-4-9-24-19(23)14(12-22)10-15-6-8-18(25-15)13-5-7-16(20)17(21)11-13/h5-8,10-11H,2-4,9H2,1H3. The molecule has 2 rings (SSSR count). The van der Waals surface area contributed by atoms with Crippen LogP contribution in [0.15, 0.2) is 40.3 Å². The fourth-order valence-corrected chi connectivity index (χ4v) is 2.41. The van der Waals surface area contributed by atoms with E-state index in [1.54, 1.807) is 30.3 Å². The van der Waals surface area contributed by atoms with Gasteiger partial charge in [0.25, 0.3) is 0 Å². The molecule has 25 heavy (non-hydrogen) atoms. The Morgan fingerprint density at radius 2 is 2.04 bits per heavy atom. The number of nitriles is 1. The topological polar surface area (TPSA) is 63.2 Å². The molecule has 0 N–H and O–H groups in total. The van der Waals surface area contributed by atoms with Crippen molar-refractivity contribution in [3.05, 3.63) is 51.7 Å². The fraction of sp³-hybridized carbons (Fsp3) is 0.263. The van der Waals surface area contributed by atoms with Gasteiger partial charge in [0.1, 0.15) is 23.2 Å². The van der Waals surface area contributed by atoms with Gasteiger partial charge in [-0.2, -0.15) is 5.26 Å². The maximum atomic E-state index is 11.9. The lowest BCUT2D eigenvalue weighted by Gasteiger charge is -2.02. The minimum absolute atomic E-state index is 0.105. The van der Waals surface area contributed by atoms with E-state index in [0.717, 1.165) is 24.8 Å². The van der Waals surface area contributed by atoms with E-state index in [2.05, 4.69) is 6.92 Å². The third-order valence-electron chi connectivity index (χ3n) is 3.44. The first-order chi connectivity index (χ1) is 12.0. The van der Waals surface area contributed by atoms with Gasteiger partial charge in [0.2, 0.25) is 0 Å². The normalized spacial score (nSPS) is 11.2. The molecule has 1 aromatic carbocycles. The van der Waals surface area contributed by atoms with E-state index in [1.165, 1.54) is 6.08 Å². The van der Waals surface area contributed by atoms with Gasteiger partial charge in [-0.15, -0.1) is 0 Å². The number of ether oxygens (including phenoxy) is 1. The molecule has 0 fully saturated rings. The minimum Gasteiger partial charge on any atom is -0.462 e. The molecule has 0 amide bonds. The lowest BCUT2D eigenvalue weighted by atomic mass is 10.2. The molecule has 0 saturated heterocycles. The molecule has 0 aliphatic rings. The van der Waals surface area contributed by atoms with Crippen molar-refractivity contribution in [1.29, 1.82) is 5.26 Å². The van der Waals surface area contributed by atoms with Crippen LogP contribution in [0.4, 0.5) is 0 Å². The molecule has 0 aliphatic heterocycles. The van der Waals surface area contributed by atoms with Crippen molar-refractivity contribution in [3.63, 3.8) is 0 Å². The summed E-state index contributed by atoms with van der Waals surface area (Å²) in [5.41, 5.74) is 0.640. The van der Waals surface area contributed by atoms with Crippen LogP contribution in [0.1, 0.15) is 31.9 Å². The van der Waals surface area contributed by atoms with Crippen LogP contribution in [0.3, 0.4) is 0 Å². The molecular formula is C19H17Cl2NO3. The Balaban J connectivity index is 2.11. The summed E-state index contributed by atoms with van der Waals surface area (Å²) in [6.07, 6.45) is 4.15. The Labute approximate surface area is 156 Å².